The van der Waals surface area contributed by atoms with Crippen LogP contribution in [0, 0.1) is 11.8 Å². The van der Waals surface area contributed by atoms with Crippen molar-refractivity contribution in [2.24, 2.45) is 11.8 Å². The van der Waals surface area contributed by atoms with E-state index < -0.39 is 0 Å². The minimum absolute atomic E-state index is 0.0325. The van der Waals surface area contributed by atoms with Gasteiger partial charge in [0.1, 0.15) is 5.78 Å². The first kappa shape index (κ1) is 9.89. The van der Waals surface area contributed by atoms with Crippen molar-refractivity contribution < 1.29 is 4.79 Å². The fourth-order valence-corrected chi connectivity index (χ4v) is 1.31. The number of carbonyl (C=O) groups excluding carboxylic acids is 1. The van der Waals surface area contributed by atoms with Gasteiger partial charge >= 0.3 is 0 Å². The number of aromatic amines is 1. The maximum atomic E-state index is 11.5. The molecule has 0 spiro atoms. The van der Waals surface area contributed by atoms with Gasteiger partial charge in [-0.25, -0.2) is 0 Å². The predicted octanol–water partition coefficient (Wildman–Crippen LogP) is 1.21. The Morgan fingerprint density at radius 2 is 2.23 bits per heavy atom. The smallest absolute Gasteiger partial charge is 0.138 e. The molecule has 72 valence electrons. The van der Waals surface area contributed by atoms with Gasteiger partial charge in [-0.15, -0.1) is 0 Å². The van der Waals surface area contributed by atoms with E-state index in [2.05, 4.69) is 15.4 Å². The summed E-state index contributed by atoms with van der Waals surface area (Å²) in [6.07, 6.45) is 2.33. The summed E-state index contributed by atoms with van der Waals surface area (Å²) in [5.74, 6) is 0.412. The van der Waals surface area contributed by atoms with Gasteiger partial charge in [0.05, 0.1) is 11.9 Å². The number of hydrogen-bond donors (Lipinski definition) is 1. The summed E-state index contributed by atoms with van der Waals surface area (Å²) in [6.45, 7) is 5.76. The zero-order chi connectivity index (χ0) is 9.84. The van der Waals surface area contributed by atoms with Crippen molar-refractivity contribution in [1.29, 1.82) is 0 Å². The van der Waals surface area contributed by atoms with E-state index in [9.17, 15) is 4.79 Å². The molecule has 0 aromatic carbocycles. The first-order valence-corrected chi connectivity index (χ1v) is 4.49. The minimum atomic E-state index is 0.0325. The molecule has 0 saturated carbocycles. The molecule has 1 atom stereocenters. The van der Waals surface area contributed by atoms with E-state index in [0.29, 0.717) is 6.42 Å². The zero-order valence-corrected chi connectivity index (χ0v) is 8.24. The van der Waals surface area contributed by atoms with Gasteiger partial charge in [0, 0.05) is 18.3 Å². The lowest BCUT2D eigenvalue weighted by Crippen LogP contribution is -2.19. The molecule has 1 unspecified atom stereocenters. The molecule has 0 saturated heterocycles. The second kappa shape index (κ2) is 4.16. The van der Waals surface area contributed by atoms with E-state index in [1.807, 2.05) is 20.8 Å². The summed E-state index contributed by atoms with van der Waals surface area (Å²) in [5, 5.41) is 10.1. The van der Waals surface area contributed by atoms with E-state index >= 15 is 0 Å². The Kier molecular flexibility index (Phi) is 3.17. The molecule has 0 aliphatic rings. The summed E-state index contributed by atoms with van der Waals surface area (Å²) in [4.78, 5) is 11.5. The summed E-state index contributed by atoms with van der Waals surface area (Å²) in [5.41, 5.74) is 0.849. The van der Waals surface area contributed by atoms with Crippen molar-refractivity contribution in [3.8, 4) is 0 Å². The first-order chi connectivity index (χ1) is 6.11. The van der Waals surface area contributed by atoms with Gasteiger partial charge in [0.25, 0.3) is 0 Å². The van der Waals surface area contributed by atoms with E-state index in [-0.39, 0.29) is 17.6 Å². The first-order valence-electron chi connectivity index (χ1n) is 4.49. The SMILES string of the molecule is CC(C)C(=O)C(C)Cc1cn[nH]n1. The fraction of sp³-hybridized carbons (Fsp3) is 0.667. The van der Waals surface area contributed by atoms with Crippen LogP contribution in [0.15, 0.2) is 6.20 Å². The summed E-state index contributed by atoms with van der Waals surface area (Å²) in [7, 11) is 0. The Bertz CT molecular complexity index is 266. The standard InChI is InChI=1S/C9H15N3O/c1-6(2)9(13)7(3)4-8-5-10-12-11-8/h5-7H,4H2,1-3H3,(H,10,11,12). The summed E-state index contributed by atoms with van der Waals surface area (Å²) < 4.78 is 0. The molecule has 0 aliphatic heterocycles. The lowest BCUT2D eigenvalue weighted by atomic mass is 9.93. The van der Waals surface area contributed by atoms with Gasteiger partial charge in [0.2, 0.25) is 0 Å². The van der Waals surface area contributed by atoms with Crippen LogP contribution in [-0.2, 0) is 11.2 Å². The summed E-state index contributed by atoms with van der Waals surface area (Å²) >= 11 is 0. The fourth-order valence-electron chi connectivity index (χ4n) is 1.31. The van der Waals surface area contributed by atoms with Crippen LogP contribution >= 0.6 is 0 Å². The molecule has 4 heteroatoms. The van der Waals surface area contributed by atoms with Crippen LogP contribution < -0.4 is 0 Å². The zero-order valence-electron chi connectivity index (χ0n) is 8.24. The van der Waals surface area contributed by atoms with E-state index in [4.69, 9.17) is 0 Å². The van der Waals surface area contributed by atoms with Gasteiger partial charge in [-0.3, -0.25) is 4.79 Å². The summed E-state index contributed by atoms with van der Waals surface area (Å²) in [6, 6.07) is 0. The Hall–Kier alpha value is -1.19. The van der Waals surface area contributed by atoms with Crippen molar-refractivity contribution >= 4 is 5.78 Å². The van der Waals surface area contributed by atoms with E-state index in [0.717, 1.165) is 5.69 Å². The molecule has 0 radical (unpaired) electrons. The lowest BCUT2D eigenvalue weighted by Gasteiger charge is -2.10. The third-order valence-electron chi connectivity index (χ3n) is 2.03. The van der Waals surface area contributed by atoms with Gasteiger partial charge in [0.15, 0.2) is 0 Å². The Labute approximate surface area is 77.7 Å². The van der Waals surface area contributed by atoms with Crippen LogP contribution in [0.25, 0.3) is 0 Å². The highest BCUT2D eigenvalue weighted by atomic mass is 16.1. The topological polar surface area (TPSA) is 58.6 Å². The maximum absolute atomic E-state index is 11.5. The number of nitrogens with one attached hydrogen (secondary N) is 1. The van der Waals surface area contributed by atoms with Crippen LogP contribution in [0.3, 0.4) is 0 Å². The van der Waals surface area contributed by atoms with Crippen LogP contribution in [0.2, 0.25) is 0 Å². The van der Waals surface area contributed by atoms with Crippen molar-refractivity contribution in [1.82, 2.24) is 15.4 Å². The molecule has 0 amide bonds. The number of Topliss-reactive ketones (excluding diaryl/α,β-unsaturated/α-hetero) is 1. The van der Waals surface area contributed by atoms with Gasteiger partial charge in [-0.2, -0.15) is 15.4 Å². The highest BCUT2D eigenvalue weighted by Crippen LogP contribution is 2.10. The van der Waals surface area contributed by atoms with E-state index in [1.54, 1.807) is 6.20 Å². The molecule has 13 heavy (non-hydrogen) atoms. The van der Waals surface area contributed by atoms with Crippen molar-refractivity contribution in [3.05, 3.63) is 11.9 Å². The highest BCUT2D eigenvalue weighted by Gasteiger charge is 2.17. The molecular formula is C9H15N3O. The lowest BCUT2D eigenvalue weighted by molar-refractivity contribution is -0.125. The number of ketones is 1. The molecular weight excluding hydrogens is 166 g/mol. The van der Waals surface area contributed by atoms with E-state index in [1.165, 1.54) is 0 Å². The number of carbonyl (C=O) groups is 1. The molecule has 1 heterocycles. The van der Waals surface area contributed by atoms with Crippen LogP contribution in [0.4, 0.5) is 0 Å². The molecule has 0 aliphatic carbocycles. The minimum Gasteiger partial charge on any atom is -0.299 e. The van der Waals surface area contributed by atoms with Crippen molar-refractivity contribution in [3.63, 3.8) is 0 Å². The van der Waals surface area contributed by atoms with Crippen molar-refractivity contribution in [2.45, 2.75) is 27.2 Å². The third-order valence-corrected chi connectivity index (χ3v) is 2.03. The van der Waals surface area contributed by atoms with Gasteiger partial charge in [-0.1, -0.05) is 20.8 Å². The number of hydrogen-bond acceptors (Lipinski definition) is 3. The molecule has 1 aromatic heterocycles. The Morgan fingerprint density at radius 1 is 1.54 bits per heavy atom. The number of nitrogens with zero attached hydrogens (tertiary/aromatic N) is 2. The van der Waals surface area contributed by atoms with Crippen LogP contribution in [0.5, 0.6) is 0 Å². The Balaban J connectivity index is 2.51. The second-order valence-electron chi connectivity index (χ2n) is 3.62. The number of H-pyrrole nitrogens is 1. The average molecular weight is 181 g/mol. The quantitative estimate of drug-likeness (QED) is 0.759. The maximum Gasteiger partial charge on any atom is 0.138 e. The monoisotopic (exact) mass is 181 g/mol. The molecule has 1 N–H and O–H groups in total. The second-order valence-corrected chi connectivity index (χ2v) is 3.62. The Morgan fingerprint density at radius 3 is 2.69 bits per heavy atom. The molecule has 1 rings (SSSR count). The molecule has 0 bridgehead atoms. The predicted molar refractivity (Wildman–Crippen MR) is 49.1 cm³/mol. The van der Waals surface area contributed by atoms with Crippen LogP contribution in [-0.4, -0.2) is 21.2 Å². The largest absolute Gasteiger partial charge is 0.299 e. The number of aromatic nitrogens is 3. The third kappa shape index (κ3) is 2.65. The molecule has 1 aromatic rings. The molecule has 0 fully saturated rings. The normalized spacial score (nSPS) is 13.2. The van der Waals surface area contributed by atoms with Crippen LogP contribution in [0.1, 0.15) is 26.5 Å². The number of rotatable bonds is 4. The van der Waals surface area contributed by atoms with Gasteiger partial charge < -0.3 is 0 Å². The van der Waals surface area contributed by atoms with Gasteiger partial charge in [-0.05, 0) is 0 Å². The van der Waals surface area contributed by atoms with Crippen molar-refractivity contribution in [2.75, 3.05) is 0 Å². The molecule has 4 nitrogen and oxygen atoms in total. The average Bonchev–Trinajstić information content (AvgIpc) is 2.55. The highest BCUT2D eigenvalue weighted by molar-refractivity contribution is 5.82.